The first-order valence-electron chi connectivity index (χ1n) is 3.97. The van der Waals surface area contributed by atoms with E-state index in [1.807, 2.05) is 12.2 Å². The lowest BCUT2D eigenvalue weighted by Gasteiger charge is -2.17. The van der Waals surface area contributed by atoms with E-state index in [0.717, 1.165) is 19.3 Å². The number of hydrogen-bond acceptors (Lipinski definition) is 2. The van der Waals surface area contributed by atoms with Gasteiger partial charge in [-0.1, -0.05) is 12.2 Å². The molecule has 0 heterocycles. The summed E-state index contributed by atoms with van der Waals surface area (Å²) in [7, 11) is 0. The zero-order chi connectivity index (χ0) is 7.90. The van der Waals surface area contributed by atoms with E-state index < -0.39 is 0 Å². The lowest BCUT2D eigenvalue weighted by molar-refractivity contribution is -0.138. The Balaban J connectivity index is 2.28. The number of carbonyl (C=O) groups excluding carboxylic acids is 2. The molecule has 0 radical (unpaired) electrons. The molecule has 0 aliphatic heterocycles. The fourth-order valence-corrected chi connectivity index (χ4v) is 1.97. The molecule has 0 amide bonds. The Morgan fingerprint density at radius 1 is 1.18 bits per heavy atom. The third-order valence-corrected chi connectivity index (χ3v) is 2.75. The molecule has 2 aliphatic carbocycles. The van der Waals surface area contributed by atoms with E-state index in [0.29, 0.717) is 6.42 Å². The van der Waals surface area contributed by atoms with Gasteiger partial charge in [-0.25, -0.2) is 0 Å². The number of ketones is 2. The number of hydrogen-bond donors (Lipinski definition) is 0. The summed E-state index contributed by atoms with van der Waals surface area (Å²) in [6, 6.07) is 0. The Kier molecular flexibility index (Phi) is 1.25. The van der Waals surface area contributed by atoms with Crippen LogP contribution in [0.25, 0.3) is 0 Å². The van der Waals surface area contributed by atoms with Crippen LogP contribution in [0.5, 0.6) is 0 Å². The minimum atomic E-state index is -0.281. The highest BCUT2D eigenvalue weighted by Crippen LogP contribution is 2.43. The van der Waals surface area contributed by atoms with Crippen molar-refractivity contribution >= 4 is 11.6 Å². The first-order chi connectivity index (χ1) is 5.25. The van der Waals surface area contributed by atoms with Crippen molar-refractivity contribution in [1.29, 1.82) is 0 Å². The molecule has 0 aromatic rings. The van der Waals surface area contributed by atoms with Gasteiger partial charge in [0.2, 0.25) is 5.78 Å². The predicted octanol–water partition coefficient (Wildman–Crippen LogP) is 1.25. The third-order valence-electron chi connectivity index (χ3n) is 2.75. The number of allylic oxidation sites excluding steroid dienone is 2. The van der Waals surface area contributed by atoms with Gasteiger partial charge in [0, 0.05) is 11.8 Å². The fourth-order valence-electron chi connectivity index (χ4n) is 1.97. The normalized spacial score (nSPS) is 27.3. The largest absolute Gasteiger partial charge is 0.291 e. The highest BCUT2D eigenvalue weighted by Gasteiger charge is 2.46. The summed E-state index contributed by atoms with van der Waals surface area (Å²) in [4.78, 5) is 22.3. The first-order valence-corrected chi connectivity index (χ1v) is 3.97. The van der Waals surface area contributed by atoms with E-state index in [9.17, 15) is 9.59 Å². The zero-order valence-electron chi connectivity index (χ0n) is 6.30. The van der Waals surface area contributed by atoms with Crippen molar-refractivity contribution < 1.29 is 9.59 Å². The maximum Gasteiger partial charge on any atom is 0.205 e. The van der Waals surface area contributed by atoms with Gasteiger partial charge in [0.1, 0.15) is 0 Å². The van der Waals surface area contributed by atoms with Crippen LogP contribution in [0.4, 0.5) is 0 Å². The molecular formula is C9H10O2. The highest BCUT2D eigenvalue weighted by molar-refractivity contribution is 6.41. The van der Waals surface area contributed by atoms with Gasteiger partial charge in [0.05, 0.1) is 0 Å². The lowest BCUT2D eigenvalue weighted by atomic mass is 9.83. The number of rotatable bonds is 0. The Labute approximate surface area is 65.3 Å². The van der Waals surface area contributed by atoms with Crippen LogP contribution in [0.3, 0.4) is 0 Å². The standard InChI is InChI=1S/C9H10O2/c10-7-3-6-9(8(7)11)4-1-2-5-9/h1-2H,3-6H2. The second kappa shape index (κ2) is 2.03. The monoisotopic (exact) mass is 150 g/mol. The quantitative estimate of drug-likeness (QED) is 0.384. The van der Waals surface area contributed by atoms with E-state index in [1.54, 1.807) is 0 Å². The minimum Gasteiger partial charge on any atom is -0.291 e. The molecule has 58 valence electrons. The highest BCUT2D eigenvalue weighted by atomic mass is 16.2. The van der Waals surface area contributed by atoms with Gasteiger partial charge in [-0.15, -0.1) is 0 Å². The smallest absolute Gasteiger partial charge is 0.205 e. The molecule has 2 heteroatoms. The van der Waals surface area contributed by atoms with Gasteiger partial charge in [-0.2, -0.15) is 0 Å². The molecule has 1 spiro atoms. The molecule has 2 nitrogen and oxygen atoms in total. The van der Waals surface area contributed by atoms with E-state index in [4.69, 9.17) is 0 Å². The minimum absolute atomic E-state index is 0.123. The Hall–Kier alpha value is -0.920. The number of carbonyl (C=O) groups is 2. The first kappa shape index (κ1) is 6.77. The van der Waals surface area contributed by atoms with E-state index in [-0.39, 0.29) is 17.0 Å². The maximum atomic E-state index is 11.3. The van der Waals surface area contributed by atoms with Crippen LogP contribution in [0.2, 0.25) is 0 Å². The molecule has 0 bridgehead atoms. The summed E-state index contributed by atoms with van der Waals surface area (Å²) >= 11 is 0. The van der Waals surface area contributed by atoms with Gasteiger partial charge in [0.15, 0.2) is 5.78 Å². The van der Waals surface area contributed by atoms with Crippen molar-refractivity contribution in [2.75, 3.05) is 0 Å². The molecule has 0 saturated heterocycles. The Morgan fingerprint density at radius 2 is 1.82 bits per heavy atom. The van der Waals surface area contributed by atoms with Gasteiger partial charge < -0.3 is 0 Å². The Morgan fingerprint density at radius 3 is 2.27 bits per heavy atom. The SMILES string of the molecule is O=C1CCC2(CC=CC2)C1=O. The van der Waals surface area contributed by atoms with Crippen molar-refractivity contribution in [2.45, 2.75) is 25.7 Å². The van der Waals surface area contributed by atoms with Crippen molar-refractivity contribution in [3.05, 3.63) is 12.2 Å². The van der Waals surface area contributed by atoms with E-state index in [2.05, 4.69) is 0 Å². The van der Waals surface area contributed by atoms with Gasteiger partial charge in [0.25, 0.3) is 0 Å². The molecule has 0 N–H and O–H groups in total. The summed E-state index contributed by atoms with van der Waals surface area (Å²) in [5, 5.41) is 0. The van der Waals surface area contributed by atoms with Crippen LogP contribution in [0, 0.1) is 5.41 Å². The van der Waals surface area contributed by atoms with Crippen LogP contribution in [-0.2, 0) is 9.59 Å². The predicted molar refractivity (Wildman–Crippen MR) is 40.1 cm³/mol. The third kappa shape index (κ3) is 0.785. The summed E-state index contributed by atoms with van der Waals surface area (Å²) < 4.78 is 0. The van der Waals surface area contributed by atoms with Crippen molar-refractivity contribution in [2.24, 2.45) is 5.41 Å². The fraction of sp³-hybridized carbons (Fsp3) is 0.556. The summed E-state index contributed by atoms with van der Waals surface area (Å²) in [5.74, 6) is -0.281. The van der Waals surface area contributed by atoms with Gasteiger partial charge in [-0.3, -0.25) is 9.59 Å². The topological polar surface area (TPSA) is 34.1 Å². The van der Waals surface area contributed by atoms with Crippen LogP contribution in [-0.4, -0.2) is 11.6 Å². The van der Waals surface area contributed by atoms with Crippen LogP contribution in [0.1, 0.15) is 25.7 Å². The molecule has 0 aromatic carbocycles. The van der Waals surface area contributed by atoms with E-state index >= 15 is 0 Å². The molecule has 2 rings (SSSR count). The Bertz CT molecular complexity index is 242. The van der Waals surface area contributed by atoms with Gasteiger partial charge in [-0.05, 0) is 19.3 Å². The summed E-state index contributed by atoms with van der Waals surface area (Å²) in [6.45, 7) is 0. The molecule has 11 heavy (non-hydrogen) atoms. The van der Waals surface area contributed by atoms with Crippen molar-refractivity contribution in [3.8, 4) is 0 Å². The zero-order valence-corrected chi connectivity index (χ0v) is 6.30. The van der Waals surface area contributed by atoms with Crippen molar-refractivity contribution in [1.82, 2.24) is 0 Å². The molecule has 0 unspecified atom stereocenters. The summed E-state index contributed by atoms with van der Waals surface area (Å²) in [6.07, 6.45) is 6.85. The second-order valence-corrected chi connectivity index (χ2v) is 3.41. The average molecular weight is 150 g/mol. The summed E-state index contributed by atoms with van der Waals surface area (Å²) in [5.41, 5.74) is -0.281. The average Bonchev–Trinajstić information content (AvgIpc) is 2.56. The molecule has 0 atom stereocenters. The molecular weight excluding hydrogens is 140 g/mol. The van der Waals surface area contributed by atoms with E-state index in [1.165, 1.54) is 0 Å². The molecule has 2 aliphatic rings. The molecule has 1 fully saturated rings. The number of Topliss-reactive ketones (excluding diaryl/α,β-unsaturated/α-hetero) is 2. The molecule has 1 saturated carbocycles. The maximum absolute atomic E-state index is 11.3. The second-order valence-electron chi connectivity index (χ2n) is 3.41. The van der Waals surface area contributed by atoms with Crippen LogP contribution >= 0.6 is 0 Å². The lowest BCUT2D eigenvalue weighted by Crippen LogP contribution is -2.25. The van der Waals surface area contributed by atoms with Crippen LogP contribution < -0.4 is 0 Å². The van der Waals surface area contributed by atoms with Crippen molar-refractivity contribution in [3.63, 3.8) is 0 Å². The van der Waals surface area contributed by atoms with Crippen LogP contribution in [0.15, 0.2) is 12.2 Å². The molecule has 0 aromatic heterocycles. The van der Waals surface area contributed by atoms with Gasteiger partial charge >= 0.3 is 0 Å².